The highest BCUT2D eigenvalue weighted by molar-refractivity contribution is 5.92. The molecule has 5 atom stereocenters. The van der Waals surface area contributed by atoms with Crippen molar-refractivity contribution in [3.63, 3.8) is 0 Å². The number of nitrogens with zero attached hydrogens (tertiary/aromatic N) is 2. The lowest BCUT2D eigenvalue weighted by Gasteiger charge is -2.28. The topological polar surface area (TPSA) is 204 Å². The van der Waals surface area contributed by atoms with Gasteiger partial charge in [0.15, 0.2) is 6.10 Å². The van der Waals surface area contributed by atoms with Crippen LogP contribution >= 0.6 is 0 Å². The van der Waals surface area contributed by atoms with Gasteiger partial charge in [-0.2, -0.15) is 26.3 Å². The second-order valence-electron chi connectivity index (χ2n) is 13.0. The van der Waals surface area contributed by atoms with Gasteiger partial charge in [0.25, 0.3) is 0 Å². The number of primary amides is 1. The number of hydrogen-bond acceptors (Lipinski definition) is 8. The molecule has 5 amide bonds. The molecule has 290 valence electrons. The van der Waals surface area contributed by atoms with E-state index in [1.54, 1.807) is 44.2 Å². The Hall–Kier alpha value is -5.07. The second-order valence-corrected chi connectivity index (χ2v) is 13.0. The molecule has 0 saturated heterocycles. The van der Waals surface area contributed by atoms with Gasteiger partial charge in [-0.3, -0.25) is 24.0 Å². The zero-order valence-corrected chi connectivity index (χ0v) is 28.9. The van der Waals surface area contributed by atoms with E-state index in [4.69, 9.17) is 5.73 Å². The van der Waals surface area contributed by atoms with Crippen LogP contribution in [0.5, 0.6) is 0 Å². The summed E-state index contributed by atoms with van der Waals surface area (Å²) in [5.41, 5.74) is 2.95. The summed E-state index contributed by atoms with van der Waals surface area (Å²) < 4.78 is 80.1. The van der Waals surface area contributed by atoms with Crippen molar-refractivity contribution >= 4 is 29.5 Å². The van der Waals surface area contributed by atoms with E-state index in [1.165, 1.54) is 24.3 Å². The molecule has 0 fully saturated rings. The quantitative estimate of drug-likeness (QED) is 0.126. The van der Waals surface area contributed by atoms with E-state index in [-0.39, 0.29) is 36.3 Å². The first-order chi connectivity index (χ1) is 24.6. The lowest BCUT2D eigenvalue weighted by Crippen LogP contribution is -2.57. The molecule has 0 spiro atoms. The Bertz CT molecular complexity index is 1650. The SMILES string of the molecule is CC(NC(=O)C(Cc1ccccc1)NC(=O)CC(NC(=O)Cc1cccc(C2(C(F)(F)F)N=N2)c1)C(C)C)C(=O)NC(CCC(N)=O)C(O)C(F)(F)F. The van der Waals surface area contributed by atoms with Crippen LogP contribution in [0.25, 0.3) is 0 Å². The molecular weight excluding hydrogens is 716 g/mol. The van der Waals surface area contributed by atoms with Crippen LogP contribution in [0.2, 0.25) is 0 Å². The van der Waals surface area contributed by atoms with Crippen LogP contribution in [0, 0.1) is 5.92 Å². The molecule has 3 rings (SSSR count). The van der Waals surface area contributed by atoms with Crippen LogP contribution in [0.1, 0.15) is 56.7 Å². The molecule has 7 N–H and O–H groups in total. The highest BCUT2D eigenvalue weighted by Gasteiger charge is 2.65. The largest absolute Gasteiger partial charge is 0.442 e. The summed E-state index contributed by atoms with van der Waals surface area (Å²) in [5, 5.41) is 25.7. The molecule has 2 aromatic rings. The van der Waals surface area contributed by atoms with Crippen LogP contribution in [-0.4, -0.2) is 77.3 Å². The number of halogens is 6. The maximum atomic E-state index is 13.5. The number of benzene rings is 2. The molecular formula is C34H41F6N7O6. The monoisotopic (exact) mass is 757 g/mol. The van der Waals surface area contributed by atoms with Crippen molar-refractivity contribution in [1.82, 2.24) is 21.3 Å². The Morgan fingerprint density at radius 1 is 0.792 bits per heavy atom. The van der Waals surface area contributed by atoms with Crippen LogP contribution in [0.15, 0.2) is 64.8 Å². The van der Waals surface area contributed by atoms with Crippen molar-refractivity contribution in [1.29, 1.82) is 0 Å². The van der Waals surface area contributed by atoms with E-state index in [0.717, 1.165) is 6.92 Å². The van der Waals surface area contributed by atoms with Crippen LogP contribution < -0.4 is 27.0 Å². The average molecular weight is 758 g/mol. The van der Waals surface area contributed by atoms with Crippen molar-refractivity contribution in [3.05, 3.63) is 71.3 Å². The Labute approximate surface area is 300 Å². The molecule has 0 saturated carbocycles. The zero-order valence-electron chi connectivity index (χ0n) is 28.9. The predicted molar refractivity (Wildman–Crippen MR) is 176 cm³/mol. The minimum atomic E-state index is -5.14. The van der Waals surface area contributed by atoms with Crippen LogP contribution in [0.3, 0.4) is 0 Å². The number of carbonyl (C=O) groups is 5. The third-order valence-corrected chi connectivity index (χ3v) is 8.38. The highest BCUT2D eigenvalue weighted by atomic mass is 19.4. The van der Waals surface area contributed by atoms with E-state index in [9.17, 15) is 55.4 Å². The van der Waals surface area contributed by atoms with Crippen molar-refractivity contribution in [3.8, 4) is 0 Å². The van der Waals surface area contributed by atoms with Gasteiger partial charge >= 0.3 is 18.0 Å². The predicted octanol–water partition coefficient (Wildman–Crippen LogP) is 2.85. The second kappa shape index (κ2) is 17.6. The van der Waals surface area contributed by atoms with Gasteiger partial charge in [0, 0.05) is 30.9 Å². The van der Waals surface area contributed by atoms with Crippen molar-refractivity contribution in [2.24, 2.45) is 21.9 Å². The number of alkyl halides is 6. The number of aliphatic hydroxyl groups is 1. The molecule has 0 aliphatic carbocycles. The maximum Gasteiger partial charge on any atom is 0.442 e. The molecule has 0 radical (unpaired) electrons. The zero-order chi connectivity index (χ0) is 39.7. The molecule has 13 nitrogen and oxygen atoms in total. The van der Waals surface area contributed by atoms with Gasteiger partial charge in [0.1, 0.15) is 12.1 Å². The Morgan fingerprint density at radius 3 is 1.96 bits per heavy atom. The smallest absolute Gasteiger partial charge is 0.382 e. The lowest BCUT2D eigenvalue weighted by molar-refractivity contribution is -0.212. The number of nitrogens with one attached hydrogen (secondary N) is 4. The van der Waals surface area contributed by atoms with Crippen molar-refractivity contribution < 1.29 is 55.4 Å². The minimum absolute atomic E-state index is 0.0756. The van der Waals surface area contributed by atoms with Gasteiger partial charge in [0.05, 0.1) is 12.5 Å². The maximum absolute atomic E-state index is 13.5. The third kappa shape index (κ3) is 12.3. The minimum Gasteiger partial charge on any atom is -0.382 e. The fourth-order valence-electron chi connectivity index (χ4n) is 5.27. The van der Waals surface area contributed by atoms with Gasteiger partial charge in [-0.15, -0.1) is 10.2 Å². The Kier molecular flexibility index (Phi) is 14.1. The summed E-state index contributed by atoms with van der Waals surface area (Å²) in [6.45, 7) is 4.59. The van der Waals surface area contributed by atoms with Crippen LogP contribution in [-0.2, 0) is 42.5 Å². The number of carbonyl (C=O) groups excluding carboxylic acids is 5. The lowest BCUT2D eigenvalue weighted by atomic mass is 9.97. The first kappa shape index (κ1) is 42.3. The first-order valence-corrected chi connectivity index (χ1v) is 16.5. The van der Waals surface area contributed by atoms with Gasteiger partial charge < -0.3 is 32.1 Å². The van der Waals surface area contributed by atoms with E-state index in [0.29, 0.717) is 5.56 Å². The van der Waals surface area contributed by atoms with E-state index in [2.05, 4.69) is 26.2 Å². The molecule has 53 heavy (non-hydrogen) atoms. The van der Waals surface area contributed by atoms with Crippen LogP contribution in [0.4, 0.5) is 26.3 Å². The molecule has 1 aliphatic heterocycles. The van der Waals surface area contributed by atoms with E-state index in [1.807, 2.05) is 5.32 Å². The molecule has 5 unspecified atom stereocenters. The summed E-state index contributed by atoms with van der Waals surface area (Å²) in [4.78, 5) is 63.7. The summed E-state index contributed by atoms with van der Waals surface area (Å²) in [5.74, 6) is -4.58. The number of amides is 5. The molecule has 2 aromatic carbocycles. The molecule has 1 heterocycles. The Balaban J connectivity index is 1.68. The molecule has 0 bridgehead atoms. The molecule has 0 aromatic heterocycles. The molecule has 19 heteroatoms. The third-order valence-electron chi connectivity index (χ3n) is 8.38. The van der Waals surface area contributed by atoms with Gasteiger partial charge in [0.2, 0.25) is 29.5 Å². The van der Waals surface area contributed by atoms with Gasteiger partial charge in [-0.05, 0) is 30.4 Å². The summed E-state index contributed by atoms with van der Waals surface area (Å²) in [7, 11) is 0. The standard InChI is InChI=1S/C34H41F6N7O6/c1-18(2)24(43-27(49)16-21-10-7-11-22(14-21)32(46-47-32)34(38,39)40)17-28(50)44-25(15-20-8-5-4-6-9-20)31(53)42-19(3)30(52)45-23(12-13-26(41)48)29(51)33(35,36)37/h4-11,14,18-19,23-25,29,51H,12-13,15-17H2,1-3H3,(H2,41,48)(H,42,53)(H,43,49)(H,44,50)(H,45,52). The van der Waals surface area contributed by atoms with Crippen molar-refractivity contribution in [2.75, 3.05) is 0 Å². The summed E-state index contributed by atoms with van der Waals surface area (Å²) in [6, 6.07) is 8.06. The summed E-state index contributed by atoms with van der Waals surface area (Å²) >= 11 is 0. The van der Waals surface area contributed by atoms with Crippen molar-refractivity contribution in [2.45, 2.75) is 101 Å². The number of nitrogens with two attached hydrogens (primary N) is 1. The van der Waals surface area contributed by atoms with E-state index < -0.39 is 90.7 Å². The number of hydrogen-bond donors (Lipinski definition) is 6. The summed E-state index contributed by atoms with van der Waals surface area (Å²) in [6.07, 6.45) is -14.9. The first-order valence-electron chi connectivity index (χ1n) is 16.5. The number of rotatable bonds is 18. The highest BCUT2D eigenvalue weighted by Crippen LogP contribution is 2.52. The number of aliphatic hydroxyl groups excluding tert-OH is 1. The Morgan fingerprint density at radius 2 is 1.42 bits per heavy atom. The fourth-order valence-corrected chi connectivity index (χ4v) is 5.27. The van der Waals surface area contributed by atoms with Gasteiger partial charge in [-0.1, -0.05) is 68.4 Å². The fraction of sp³-hybridized carbons (Fsp3) is 0.500. The van der Waals surface area contributed by atoms with E-state index >= 15 is 0 Å². The van der Waals surface area contributed by atoms with Gasteiger partial charge in [-0.25, -0.2) is 0 Å². The average Bonchev–Trinajstić information content (AvgIpc) is 3.88. The molecule has 1 aliphatic rings. The normalized spacial score (nSPS) is 16.4.